The number of rotatable bonds is 10. The smallest absolute Gasteiger partial charge is 0.298 e. The van der Waals surface area contributed by atoms with Crippen molar-refractivity contribution in [1.29, 1.82) is 0 Å². The van der Waals surface area contributed by atoms with Crippen LogP contribution < -0.4 is 0 Å². The number of ether oxygens (including phenoxy) is 1. The van der Waals surface area contributed by atoms with Gasteiger partial charge in [0.05, 0.1) is 0 Å². The van der Waals surface area contributed by atoms with Gasteiger partial charge in [-0.25, -0.2) is 0 Å². The lowest BCUT2D eigenvalue weighted by Crippen LogP contribution is -1.88. The number of hydrogen-bond donors (Lipinski definition) is 0. The third-order valence-corrected chi connectivity index (χ3v) is 2.08. The Labute approximate surface area is 86.6 Å². The average molecular weight is 196 g/mol. The molecule has 0 heterocycles. The molecule has 0 aromatic heterocycles. The fourth-order valence-electron chi connectivity index (χ4n) is 1.27. The van der Waals surface area contributed by atoms with E-state index in [2.05, 4.69) is 17.9 Å². The predicted octanol–water partition coefficient (Wildman–Crippen LogP) is 3.59. The highest BCUT2D eigenvalue weighted by atomic mass is 16.5. The zero-order valence-corrected chi connectivity index (χ0v) is 8.84. The first-order valence-electron chi connectivity index (χ1n) is 5.20. The Hall–Kier alpha value is -1.05. The van der Waals surface area contributed by atoms with Crippen LogP contribution in [0.2, 0.25) is 0 Å². The molecule has 0 fully saturated rings. The highest BCUT2D eigenvalue weighted by Gasteiger charge is 1.94. The molecule has 0 amide bonds. The molecule has 0 saturated heterocycles. The van der Waals surface area contributed by atoms with E-state index in [9.17, 15) is 4.79 Å². The highest BCUT2D eigenvalue weighted by molar-refractivity contribution is 5.39. The molecule has 0 atom stereocenters. The summed E-state index contributed by atoms with van der Waals surface area (Å²) in [6.45, 7) is 7.74. The normalized spacial score (nSPS) is 9.43. The SMILES string of the molecule is C=CCCCCCCCC(=C)OC=O. The topological polar surface area (TPSA) is 26.3 Å². The van der Waals surface area contributed by atoms with Crippen LogP contribution in [0.1, 0.15) is 44.9 Å². The van der Waals surface area contributed by atoms with Crippen molar-refractivity contribution in [3.05, 3.63) is 25.0 Å². The Morgan fingerprint density at radius 3 is 2.43 bits per heavy atom. The molecule has 0 aliphatic rings. The van der Waals surface area contributed by atoms with Crippen molar-refractivity contribution in [1.82, 2.24) is 0 Å². The summed E-state index contributed by atoms with van der Waals surface area (Å²) in [7, 11) is 0. The molecule has 0 aromatic carbocycles. The lowest BCUT2D eigenvalue weighted by atomic mass is 10.1. The minimum Gasteiger partial charge on any atom is -0.434 e. The van der Waals surface area contributed by atoms with Gasteiger partial charge in [-0.2, -0.15) is 0 Å². The Kier molecular flexibility index (Phi) is 9.28. The van der Waals surface area contributed by atoms with Gasteiger partial charge in [-0.1, -0.05) is 31.9 Å². The van der Waals surface area contributed by atoms with Gasteiger partial charge in [0.25, 0.3) is 6.47 Å². The van der Waals surface area contributed by atoms with Gasteiger partial charge < -0.3 is 4.74 Å². The number of allylic oxidation sites excluding steroid dienone is 2. The average Bonchev–Trinajstić information content (AvgIpc) is 2.17. The number of carbonyl (C=O) groups excluding carboxylic acids is 1. The molecule has 0 bridgehead atoms. The Morgan fingerprint density at radius 2 is 1.79 bits per heavy atom. The van der Waals surface area contributed by atoms with E-state index in [0.717, 1.165) is 19.3 Å². The molecule has 2 heteroatoms. The maximum absolute atomic E-state index is 9.93. The van der Waals surface area contributed by atoms with Crippen molar-refractivity contribution < 1.29 is 9.53 Å². The third-order valence-electron chi connectivity index (χ3n) is 2.08. The second-order valence-electron chi connectivity index (χ2n) is 3.35. The van der Waals surface area contributed by atoms with Gasteiger partial charge in [-0.05, 0) is 19.3 Å². The van der Waals surface area contributed by atoms with E-state index >= 15 is 0 Å². The summed E-state index contributed by atoms with van der Waals surface area (Å²) in [5.74, 6) is 0.575. The Morgan fingerprint density at radius 1 is 1.14 bits per heavy atom. The van der Waals surface area contributed by atoms with Crippen LogP contribution in [-0.4, -0.2) is 6.47 Å². The van der Waals surface area contributed by atoms with E-state index in [-0.39, 0.29) is 0 Å². The van der Waals surface area contributed by atoms with Gasteiger partial charge in [0.1, 0.15) is 5.76 Å². The summed E-state index contributed by atoms with van der Waals surface area (Å²) in [6, 6.07) is 0. The summed E-state index contributed by atoms with van der Waals surface area (Å²) >= 11 is 0. The van der Waals surface area contributed by atoms with Crippen LogP contribution in [0, 0.1) is 0 Å². The molecule has 0 aliphatic carbocycles. The standard InChI is InChI=1S/C12H20O2/c1-3-4-5-6-7-8-9-10-12(2)14-11-13/h3,11H,1-2,4-10H2. The summed E-state index contributed by atoms with van der Waals surface area (Å²) in [5.41, 5.74) is 0. The monoisotopic (exact) mass is 196 g/mol. The molecule has 2 nitrogen and oxygen atoms in total. The zero-order chi connectivity index (χ0) is 10.6. The largest absolute Gasteiger partial charge is 0.434 e. The predicted molar refractivity (Wildman–Crippen MR) is 58.8 cm³/mol. The van der Waals surface area contributed by atoms with Crippen LogP contribution >= 0.6 is 0 Å². The van der Waals surface area contributed by atoms with Crippen LogP contribution in [0.15, 0.2) is 25.0 Å². The van der Waals surface area contributed by atoms with Gasteiger partial charge in [-0.15, -0.1) is 6.58 Å². The van der Waals surface area contributed by atoms with Gasteiger partial charge in [0, 0.05) is 6.42 Å². The molecule has 0 spiro atoms. The lowest BCUT2D eigenvalue weighted by molar-refractivity contribution is -0.125. The third kappa shape index (κ3) is 9.04. The minimum absolute atomic E-state index is 0.437. The van der Waals surface area contributed by atoms with E-state index in [1.165, 1.54) is 25.7 Å². The van der Waals surface area contributed by atoms with Crippen LogP contribution in [0.5, 0.6) is 0 Å². The summed E-state index contributed by atoms with van der Waals surface area (Å²) < 4.78 is 4.60. The van der Waals surface area contributed by atoms with Crippen LogP contribution in [0.4, 0.5) is 0 Å². The van der Waals surface area contributed by atoms with E-state index in [1.807, 2.05) is 6.08 Å². The fourth-order valence-corrected chi connectivity index (χ4v) is 1.27. The molecule has 0 rings (SSSR count). The molecule has 0 saturated carbocycles. The Balaban J connectivity index is 3.08. The first-order chi connectivity index (χ1) is 6.81. The van der Waals surface area contributed by atoms with Crippen molar-refractivity contribution >= 4 is 6.47 Å². The zero-order valence-electron chi connectivity index (χ0n) is 8.84. The molecule has 14 heavy (non-hydrogen) atoms. The first-order valence-corrected chi connectivity index (χ1v) is 5.20. The second kappa shape index (κ2) is 10.0. The first kappa shape index (κ1) is 12.9. The maximum Gasteiger partial charge on any atom is 0.298 e. The molecule has 0 N–H and O–H groups in total. The molecule has 0 radical (unpaired) electrons. The van der Waals surface area contributed by atoms with Crippen LogP contribution in [0.25, 0.3) is 0 Å². The van der Waals surface area contributed by atoms with Crippen molar-refractivity contribution in [2.45, 2.75) is 44.9 Å². The summed E-state index contributed by atoms with van der Waals surface area (Å²) in [5, 5.41) is 0. The number of carbonyl (C=O) groups is 1. The molecule has 0 unspecified atom stereocenters. The van der Waals surface area contributed by atoms with E-state index in [1.54, 1.807) is 0 Å². The maximum atomic E-state index is 9.93. The van der Waals surface area contributed by atoms with Crippen molar-refractivity contribution in [3.63, 3.8) is 0 Å². The number of hydrogen-bond acceptors (Lipinski definition) is 2. The summed E-state index contributed by atoms with van der Waals surface area (Å²) in [4.78, 5) is 9.93. The quantitative estimate of drug-likeness (QED) is 0.231. The lowest BCUT2D eigenvalue weighted by Gasteiger charge is -2.02. The fraction of sp³-hybridized carbons (Fsp3) is 0.583. The van der Waals surface area contributed by atoms with Gasteiger partial charge in [0.2, 0.25) is 0 Å². The van der Waals surface area contributed by atoms with E-state index in [4.69, 9.17) is 0 Å². The molecule has 0 aliphatic heterocycles. The molecular weight excluding hydrogens is 176 g/mol. The molecule has 80 valence electrons. The van der Waals surface area contributed by atoms with E-state index < -0.39 is 0 Å². The van der Waals surface area contributed by atoms with Crippen LogP contribution in [0.3, 0.4) is 0 Å². The second-order valence-corrected chi connectivity index (χ2v) is 3.35. The Bertz CT molecular complexity index is 173. The molecule has 0 aromatic rings. The van der Waals surface area contributed by atoms with Gasteiger partial charge in [-0.3, -0.25) is 4.79 Å². The summed E-state index contributed by atoms with van der Waals surface area (Å²) in [6.07, 6.45) is 9.82. The number of unbranched alkanes of at least 4 members (excludes halogenated alkanes) is 5. The van der Waals surface area contributed by atoms with Crippen molar-refractivity contribution in [2.24, 2.45) is 0 Å². The van der Waals surface area contributed by atoms with Gasteiger partial charge in [0.15, 0.2) is 0 Å². The minimum atomic E-state index is 0.437. The van der Waals surface area contributed by atoms with Gasteiger partial charge >= 0.3 is 0 Å². The highest BCUT2D eigenvalue weighted by Crippen LogP contribution is 2.10. The van der Waals surface area contributed by atoms with E-state index in [0.29, 0.717) is 12.2 Å². The van der Waals surface area contributed by atoms with Crippen LogP contribution in [-0.2, 0) is 9.53 Å². The molecular formula is C12H20O2. The van der Waals surface area contributed by atoms with Crippen molar-refractivity contribution in [3.8, 4) is 0 Å². The van der Waals surface area contributed by atoms with Crippen molar-refractivity contribution in [2.75, 3.05) is 0 Å².